The van der Waals surface area contributed by atoms with Crippen LogP contribution in [0.2, 0.25) is 0 Å². The molecule has 7 heteroatoms. The molecule has 1 fully saturated rings. The van der Waals surface area contributed by atoms with Crippen molar-refractivity contribution in [2.24, 2.45) is 0 Å². The lowest BCUT2D eigenvalue weighted by molar-refractivity contribution is 0.189. The van der Waals surface area contributed by atoms with Crippen LogP contribution in [0.5, 0.6) is 0 Å². The highest BCUT2D eigenvalue weighted by Gasteiger charge is 2.33. The number of rotatable bonds is 2. The average Bonchev–Trinajstić information content (AvgIpc) is 2.95. The summed E-state index contributed by atoms with van der Waals surface area (Å²) in [4.78, 5) is 7.14. The van der Waals surface area contributed by atoms with Crippen LogP contribution in [-0.4, -0.2) is 47.0 Å². The Bertz CT molecular complexity index is 680. The van der Waals surface area contributed by atoms with Crippen molar-refractivity contribution in [2.75, 3.05) is 13.1 Å². The largest absolute Gasteiger partial charge is 0.392 e. The lowest BCUT2D eigenvalue weighted by Gasteiger charge is -2.14. The molecule has 18 heavy (non-hydrogen) atoms. The summed E-state index contributed by atoms with van der Waals surface area (Å²) in [5.74, 6) is 0. The number of aromatic amines is 1. The van der Waals surface area contributed by atoms with Gasteiger partial charge in [-0.2, -0.15) is 4.31 Å². The number of H-pyrrole nitrogens is 1. The van der Waals surface area contributed by atoms with Crippen molar-refractivity contribution in [1.82, 2.24) is 14.3 Å². The van der Waals surface area contributed by atoms with Gasteiger partial charge in [0.15, 0.2) is 0 Å². The molecule has 0 saturated carbocycles. The van der Waals surface area contributed by atoms with E-state index in [9.17, 15) is 13.5 Å². The summed E-state index contributed by atoms with van der Waals surface area (Å²) >= 11 is 0. The number of β-amino-alcohol motifs (C(OH)–C–C–N with tert-alkyl or cyclic N) is 1. The van der Waals surface area contributed by atoms with Crippen LogP contribution >= 0.6 is 0 Å². The molecule has 1 saturated heterocycles. The molecule has 0 amide bonds. The zero-order valence-electron chi connectivity index (χ0n) is 9.57. The van der Waals surface area contributed by atoms with Gasteiger partial charge in [0.05, 0.1) is 6.10 Å². The predicted octanol–water partition coefficient (Wildman–Crippen LogP) is 0.318. The summed E-state index contributed by atoms with van der Waals surface area (Å²) in [5, 5.41) is 10.0. The van der Waals surface area contributed by atoms with Gasteiger partial charge in [0.2, 0.25) is 10.0 Å². The molecule has 96 valence electrons. The van der Waals surface area contributed by atoms with E-state index in [-0.39, 0.29) is 11.4 Å². The number of aliphatic hydroxyl groups is 1. The first kappa shape index (κ1) is 11.6. The summed E-state index contributed by atoms with van der Waals surface area (Å²) in [6.07, 6.45) is 2.98. The highest BCUT2D eigenvalue weighted by atomic mass is 32.2. The van der Waals surface area contributed by atoms with Crippen molar-refractivity contribution in [2.45, 2.75) is 17.4 Å². The molecule has 0 aliphatic carbocycles. The zero-order chi connectivity index (χ0) is 12.8. The highest BCUT2D eigenvalue weighted by Crippen LogP contribution is 2.26. The Morgan fingerprint density at radius 3 is 3.06 bits per heavy atom. The van der Waals surface area contributed by atoms with Gasteiger partial charge < -0.3 is 10.1 Å². The van der Waals surface area contributed by atoms with Crippen LogP contribution < -0.4 is 0 Å². The Labute approximate surface area is 104 Å². The maximum Gasteiger partial charge on any atom is 0.245 e. The zero-order valence-corrected chi connectivity index (χ0v) is 10.4. The quantitative estimate of drug-likeness (QED) is 0.820. The van der Waals surface area contributed by atoms with Crippen LogP contribution in [-0.2, 0) is 10.0 Å². The fourth-order valence-electron chi connectivity index (χ4n) is 2.21. The third-order valence-electron chi connectivity index (χ3n) is 3.16. The van der Waals surface area contributed by atoms with E-state index in [2.05, 4.69) is 9.97 Å². The number of pyridine rings is 1. The van der Waals surface area contributed by atoms with Crippen LogP contribution in [0.4, 0.5) is 0 Å². The second kappa shape index (κ2) is 4.04. The molecule has 3 rings (SSSR count). The van der Waals surface area contributed by atoms with E-state index in [0.717, 1.165) is 0 Å². The van der Waals surface area contributed by atoms with Crippen molar-refractivity contribution in [1.29, 1.82) is 0 Å². The van der Waals surface area contributed by atoms with E-state index >= 15 is 0 Å². The molecule has 1 atom stereocenters. The van der Waals surface area contributed by atoms with Gasteiger partial charge in [-0.25, -0.2) is 13.4 Å². The lowest BCUT2D eigenvalue weighted by Crippen LogP contribution is -2.29. The molecule has 0 bridgehead atoms. The van der Waals surface area contributed by atoms with Gasteiger partial charge in [-0.05, 0) is 18.6 Å². The maximum atomic E-state index is 12.4. The monoisotopic (exact) mass is 267 g/mol. The van der Waals surface area contributed by atoms with Crippen molar-refractivity contribution >= 4 is 21.1 Å². The fourth-order valence-corrected chi connectivity index (χ4v) is 3.86. The number of aliphatic hydroxyl groups excluding tert-OH is 1. The lowest BCUT2D eigenvalue weighted by atomic mass is 10.3. The first-order valence-electron chi connectivity index (χ1n) is 5.69. The minimum atomic E-state index is -3.55. The molecule has 0 aromatic carbocycles. The van der Waals surface area contributed by atoms with E-state index in [0.29, 0.717) is 24.0 Å². The van der Waals surface area contributed by atoms with Gasteiger partial charge in [-0.15, -0.1) is 0 Å². The summed E-state index contributed by atoms with van der Waals surface area (Å²) in [6, 6.07) is 3.42. The number of sulfonamides is 1. The van der Waals surface area contributed by atoms with Crippen LogP contribution in [0.25, 0.3) is 11.0 Å². The van der Waals surface area contributed by atoms with E-state index in [1.54, 1.807) is 18.3 Å². The van der Waals surface area contributed by atoms with Crippen LogP contribution in [0.15, 0.2) is 29.4 Å². The Balaban J connectivity index is 2.08. The molecule has 1 aliphatic rings. The van der Waals surface area contributed by atoms with Gasteiger partial charge in [0, 0.05) is 30.9 Å². The Morgan fingerprint density at radius 2 is 2.33 bits per heavy atom. The number of nitrogens with zero attached hydrogens (tertiary/aromatic N) is 2. The van der Waals surface area contributed by atoms with Crippen LogP contribution in [0, 0.1) is 0 Å². The first-order valence-corrected chi connectivity index (χ1v) is 7.13. The topological polar surface area (TPSA) is 86.3 Å². The van der Waals surface area contributed by atoms with Crippen LogP contribution in [0.3, 0.4) is 0 Å². The normalized spacial score (nSPS) is 21.7. The van der Waals surface area contributed by atoms with E-state index in [4.69, 9.17) is 0 Å². The number of aromatic nitrogens is 2. The van der Waals surface area contributed by atoms with Gasteiger partial charge >= 0.3 is 0 Å². The summed E-state index contributed by atoms with van der Waals surface area (Å²) in [7, 11) is -3.55. The Kier molecular flexibility index (Phi) is 2.61. The van der Waals surface area contributed by atoms with Crippen molar-refractivity contribution in [3.63, 3.8) is 0 Å². The summed E-state index contributed by atoms with van der Waals surface area (Å²) < 4.78 is 26.2. The third-order valence-corrected chi connectivity index (χ3v) is 5.06. The van der Waals surface area contributed by atoms with Gasteiger partial charge in [-0.3, -0.25) is 0 Å². The fraction of sp³-hybridized carbons (Fsp3) is 0.364. The van der Waals surface area contributed by atoms with Gasteiger partial charge in [0.1, 0.15) is 10.5 Å². The molecular formula is C11H13N3O3S. The smallest absolute Gasteiger partial charge is 0.245 e. The van der Waals surface area contributed by atoms with E-state index in [1.165, 1.54) is 10.5 Å². The number of hydrogen-bond donors (Lipinski definition) is 2. The molecule has 3 heterocycles. The van der Waals surface area contributed by atoms with Crippen molar-refractivity contribution in [3.8, 4) is 0 Å². The molecule has 2 aromatic rings. The second-order valence-corrected chi connectivity index (χ2v) is 6.26. The minimum Gasteiger partial charge on any atom is -0.392 e. The van der Waals surface area contributed by atoms with Crippen molar-refractivity contribution in [3.05, 3.63) is 24.5 Å². The SMILES string of the molecule is O=S(=O)(c1c[nH]c2ncccc12)N1CC[C@@H](O)C1. The number of nitrogens with one attached hydrogen (secondary N) is 1. The first-order chi connectivity index (χ1) is 8.59. The Morgan fingerprint density at radius 1 is 1.50 bits per heavy atom. The third kappa shape index (κ3) is 1.71. The molecule has 6 nitrogen and oxygen atoms in total. The molecule has 2 N–H and O–H groups in total. The number of fused-ring (bicyclic) bond motifs is 1. The second-order valence-electron chi connectivity index (χ2n) is 4.36. The molecule has 0 unspecified atom stereocenters. The maximum absolute atomic E-state index is 12.4. The minimum absolute atomic E-state index is 0.162. The average molecular weight is 267 g/mol. The number of hydrogen-bond acceptors (Lipinski definition) is 4. The Hall–Kier alpha value is -1.44. The molecule has 0 radical (unpaired) electrons. The summed E-state index contributed by atoms with van der Waals surface area (Å²) in [5.41, 5.74) is 0.552. The molecule has 1 aliphatic heterocycles. The van der Waals surface area contributed by atoms with Gasteiger partial charge in [-0.1, -0.05) is 0 Å². The van der Waals surface area contributed by atoms with E-state index < -0.39 is 16.1 Å². The summed E-state index contributed by atoms with van der Waals surface area (Å²) in [6.45, 7) is 0.520. The predicted molar refractivity (Wildman–Crippen MR) is 65.5 cm³/mol. The van der Waals surface area contributed by atoms with Crippen LogP contribution in [0.1, 0.15) is 6.42 Å². The van der Waals surface area contributed by atoms with Gasteiger partial charge in [0.25, 0.3) is 0 Å². The molecule has 2 aromatic heterocycles. The standard InChI is InChI=1S/C11H13N3O3S/c15-8-3-5-14(7-8)18(16,17)10-6-13-11-9(10)2-1-4-12-11/h1-2,4,6,8,15H,3,5,7H2,(H,12,13)/t8-/m1/s1. The highest BCUT2D eigenvalue weighted by molar-refractivity contribution is 7.89. The van der Waals surface area contributed by atoms with E-state index in [1.807, 2.05) is 0 Å². The van der Waals surface area contributed by atoms with Crippen molar-refractivity contribution < 1.29 is 13.5 Å². The molecule has 0 spiro atoms. The molecular weight excluding hydrogens is 254 g/mol.